The maximum Gasteiger partial charge on any atom is 0.263 e. The average molecular weight is 613 g/mol. The average Bonchev–Trinajstić information content (AvgIpc) is 3.39. The molecule has 0 aliphatic heterocycles. The summed E-state index contributed by atoms with van der Waals surface area (Å²) in [6.45, 7) is 0. The first-order valence-electron chi connectivity index (χ1n) is 11.7. The van der Waals surface area contributed by atoms with Gasteiger partial charge in [0.25, 0.3) is 10.0 Å². The molecule has 0 radical (unpaired) electrons. The number of nitrogens with one attached hydrogen (secondary N) is 2. The Morgan fingerprint density at radius 3 is 2.54 bits per heavy atom. The first kappa shape index (κ1) is 26.6. The zero-order chi connectivity index (χ0) is 28.9. The summed E-state index contributed by atoms with van der Waals surface area (Å²) in [7, 11) is -4.39. The summed E-state index contributed by atoms with van der Waals surface area (Å²) >= 11 is 12.0. The quantitative estimate of drug-likeness (QED) is 0.192. The summed E-state index contributed by atoms with van der Waals surface area (Å²) in [6.07, 6.45) is 2.75. The molecular formula is C26H16Cl2F2N8O2S. The number of fused-ring (bicyclic) bond motifs is 2. The highest BCUT2D eigenvalue weighted by Gasteiger charge is 2.24. The number of pyridine rings is 1. The van der Waals surface area contributed by atoms with Crippen molar-refractivity contribution in [1.82, 2.24) is 24.5 Å². The highest BCUT2D eigenvalue weighted by Crippen LogP contribution is 2.34. The molecule has 3 heterocycles. The van der Waals surface area contributed by atoms with Gasteiger partial charge in [0.2, 0.25) is 0 Å². The summed E-state index contributed by atoms with van der Waals surface area (Å²) in [5, 5.41) is 2.34. The number of anilines is 4. The second-order valence-corrected chi connectivity index (χ2v) is 11.1. The van der Waals surface area contributed by atoms with Crippen molar-refractivity contribution in [3.63, 3.8) is 0 Å². The van der Waals surface area contributed by atoms with Gasteiger partial charge in [-0.2, -0.15) is 0 Å². The number of rotatable bonds is 6. The topological polar surface area (TPSA) is 141 Å². The number of nitrogen functional groups attached to an aromatic ring is 1. The Balaban J connectivity index is 1.40. The van der Waals surface area contributed by atoms with Crippen LogP contribution in [0, 0.1) is 11.6 Å². The maximum absolute atomic E-state index is 15.6. The van der Waals surface area contributed by atoms with E-state index in [2.05, 4.69) is 30.0 Å². The lowest BCUT2D eigenvalue weighted by Gasteiger charge is -2.15. The summed E-state index contributed by atoms with van der Waals surface area (Å²) in [4.78, 5) is 16.9. The molecule has 4 N–H and O–H groups in total. The molecule has 0 aliphatic rings. The van der Waals surface area contributed by atoms with Crippen LogP contribution in [0.25, 0.3) is 27.9 Å². The molecule has 6 rings (SSSR count). The molecule has 0 saturated heterocycles. The van der Waals surface area contributed by atoms with E-state index in [4.69, 9.17) is 28.9 Å². The lowest BCUT2D eigenvalue weighted by atomic mass is 10.2. The van der Waals surface area contributed by atoms with E-state index in [0.717, 1.165) is 12.1 Å². The summed E-state index contributed by atoms with van der Waals surface area (Å²) in [5.74, 6) is -1.85. The van der Waals surface area contributed by atoms with Gasteiger partial charge in [0.1, 0.15) is 45.9 Å². The SMILES string of the molecule is Nc1cccc2c1ncn2-c1ccc2ncnc(Nc3c(F)ccc(NS(=O)(=O)c4cccc(Cl)c4Cl)c3F)c2n1. The van der Waals surface area contributed by atoms with Crippen LogP contribution in [0.5, 0.6) is 0 Å². The van der Waals surface area contributed by atoms with Gasteiger partial charge >= 0.3 is 0 Å². The number of benzene rings is 3. The highest BCUT2D eigenvalue weighted by atomic mass is 35.5. The van der Waals surface area contributed by atoms with Crippen LogP contribution < -0.4 is 15.8 Å². The molecule has 6 aromatic rings. The molecule has 0 spiro atoms. The lowest BCUT2D eigenvalue weighted by Crippen LogP contribution is -2.15. The van der Waals surface area contributed by atoms with E-state index in [1.54, 1.807) is 35.2 Å². The second kappa shape index (κ2) is 10.1. The first-order valence-corrected chi connectivity index (χ1v) is 13.9. The highest BCUT2D eigenvalue weighted by molar-refractivity contribution is 7.92. The van der Waals surface area contributed by atoms with Crippen LogP contribution in [0.1, 0.15) is 0 Å². The Hall–Kier alpha value is -4.59. The zero-order valence-corrected chi connectivity index (χ0v) is 22.8. The number of nitrogens with zero attached hydrogens (tertiary/aromatic N) is 5. The van der Waals surface area contributed by atoms with Crippen LogP contribution in [0.15, 0.2) is 78.2 Å². The Morgan fingerprint density at radius 2 is 1.71 bits per heavy atom. The van der Waals surface area contributed by atoms with Crippen molar-refractivity contribution in [3.05, 3.63) is 95.0 Å². The van der Waals surface area contributed by atoms with E-state index in [1.165, 1.54) is 24.5 Å². The molecule has 0 bridgehead atoms. The van der Waals surface area contributed by atoms with E-state index in [-0.39, 0.29) is 26.3 Å². The van der Waals surface area contributed by atoms with E-state index in [1.807, 2.05) is 6.07 Å². The van der Waals surface area contributed by atoms with Crippen molar-refractivity contribution < 1.29 is 17.2 Å². The van der Waals surface area contributed by atoms with Gasteiger partial charge in [-0.05, 0) is 48.5 Å². The molecule has 0 atom stereocenters. The molecule has 10 nitrogen and oxygen atoms in total. The van der Waals surface area contributed by atoms with E-state index >= 15 is 4.39 Å². The second-order valence-electron chi connectivity index (χ2n) is 8.66. The van der Waals surface area contributed by atoms with Crippen LogP contribution in [0.4, 0.5) is 31.7 Å². The number of imidazole rings is 1. The first-order chi connectivity index (χ1) is 19.6. The minimum Gasteiger partial charge on any atom is -0.397 e. The molecule has 0 unspecified atom stereocenters. The van der Waals surface area contributed by atoms with Gasteiger partial charge in [-0.1, -0.05) is 35.3 Å². The van der Waals surface area contributed by atoms with Gasteiger partial charge in [-0.3, -0.25) is 9.29 Å². The number of hydrogen-bond acceptors (Lipinski definition) is 8. The molecule has 0 aliphatic carbocycles. The van der Waals surface area contributed by atoms with Crippen molar-refractivity contribution in [3.8, 4) is 5.82 Å². The van der Waals surface area contributed by atoms with E-state index < -0.39 is 33.0 Å². The fourth-order valence-electron chi connectivity index (χ4n) is 4.16. The molecule has 15 heteroatoms. The largest absolute Gasteiger partial charge is 0.397 e. The van der Waals surface area contributed by atoms with E-state index in [0.29, 0.717) is 28.1 Å². The zero-order valence-electron chi connectivity index (χ0n) is 20.5. The third kappa shape index (κ3) is 4.73. The normalized spacial score (nSPS) is 11.7. The van der Waals surface area contributed by atoms with Gasteiger partial charge in [0, 0.05) is 0 Å². The molecule has 0 saturated carbocycles. The minimum absolute atomic E-state index is 0.00820. The minimum atomic E-state index is -4.39. The molecule has 3 aromatic carbocycles. The lowest BCUT2D eigenvalue weighted by molar-refractivity contribution is 0.588. The van der Waals surface area contributed by atoms with Crippen molar-refractivity contribution in [2.24, 2.45) is 0 Å². The molecule has 41 heavy (non-hydrogen) atoms. The van der Waals surface area contributed by atoms with Gasteiger partial charge in [-0.15, -0.1) is 0 Å². The molecule has 206 valence electrons. The van der Waals surface area contributed by atoms with E-state index in [9.17, 15) is 12.8 Å². The number of halogens is 4. The van der Waals surface area contributed by atoms with Gasteiger partial charge in [0.05, 0.1) is 32.5 Å². The number of hydrogen-bond donors (Lipinski definition) is 3. The summed E-state index contributed by atoms with van der Waals surface area (Å²) < 4.78 is 60.1. The van der Waals surface area contributed by atoms with Crippen molar-refractivity contribution in [2.45, 2.75) is 4.90 Å². The fraction of sp³-hybridized carbons (Fsp3) is 0. The van der Waals surface area contributed by atoms with Crippen molar-refractivity contribution in [1.29, 1.82) is 0 Å². The van der Waals surface area contributed by atoms with Crippen LogP contribution in [-0.2, 0) is 10.0 Å². The monoisotopic (exact) mass is 612 g/mol. The summed E-state index contributed by atoms with van der Waals surface area (Å²) in [5.41, 5.74) is 7.14. The predicted molar refractivity (Wildman–Crippen MR) is 153 cm³/mol. The van der Waals surface area contributed by atoms with Crippen LogP contribution in [-0.4, -0.2) is 32.9 Å². The number of aromatic nitrogens is 5. The van der Waals surface area contributed by atoms with Gasteiger partial charge < -0.3 is 11.1 Å². The Bertz CT molecular complexity index is 2110. The molecule has 0 amide bonds. The molecular weight excluding hydrogens is 597 g/mol. The van der Waals surface area contributed by atoms with Crippen LogP contribution >= 0.6 is 23.2 Å². The maximum atomic E-state index is 15.6. The van der Waals surface area contributed by atoms with Crippen molar-refractivity contribution in [2.75, 3.05) is 15.8 Å². The van der Waals surface area contributed by atoms with Gasteiger partial charge in [-0.25, -0.2) is 37.1 Å². The third-order valence-corrected chi connectivity index (χ3v) is 8.45. The molecule has 0 fully saturated rings. The Labute approximate surface area is 240 Å². The Morgan fingerprint density at radius 1 is 0.902 bits per heavy atom. The standard InChI is InChI=1S/C26H16Cl2F2N8O2S/c27-13-3-1-6-19(21(13)28)41(39,40)37-16-8-7-14(29)23(22(16)30)36-26-25-17(32-11-33-26)9-10-20(35-25)38-12-34-24-15(31)4-2-5-18(24)38/h1-12,37H,31H2,(H,32,33,36). The smallest absolute Gasteiger partial charge is 0.263 e. The number of sulfonamides is 1. The van der Waals surface area contributed by atoms with Gasteiger partial charge in [0.15, 0.2) is 11.6 Å². The third-order valence-electron chi connectivity index (χ3n) is 6.11. The van der Waals surface area contributed by atoms with Crippen molar-refractivity contribution >= 4 is 78.2 Å². The Kier molecular flexibility index (Phi) is 6.56. The number of para-hydroxylation sites is 1. The van der Waals surface area contributed by atoms with Crippen LogP contribution in [0.3, 0.4) is 0 Å². The summed E-state index contributed by atoms with van der Waals surface area (Å²) in [6, 6.07) is 14.5. The predicted octanol–water partition coefficient (Wildman–Crippen LogP) is 6.08. The van der Waals surface area contributed by atoms with Crippen LogP contribution in [0.2, 0.25) is 10.0 Å². The fourth-order valence-corrected chi connectivity index (χ4v) is 5.98. The molecule has 3 aromatic heterocycles. The number of nitrogens with two attached hydrogens (primary N) is 1.